The summed E-state index contributed by atoms with van der Waals surface area (Å²) in [4.78, 5) is 22.9. The molecule has 1 aliphatic rings. The molecule has 0 spiro atoms. The first kappa shape index (κ1) is 13.1. The van der Waals surface area contributed by atoms with E-state index in [1.807, 2.05) is 0 Å². The molecule has 1 saturated heterocycles. The minimum atomic E-state index is -1.31. The summed E-state index contributed by atoms with van der Waals surface area (Å²) in [7, 11) is 1.60. The van der Waals surface area contributed by atoms with Crippen LogP contribution >= 0.6 is 0 Å². The third-order valence-electron chi connectivity index (χ3n) is 2.97. The number of ether oxygens (including phenoxy) is 2. The van der Waals surface area contributed by atoms with Crippen LogP contribution in [0.25, 0.3) is 0 Å². The fourth-order valence-corrected chi connectivity index (χ4v) is 1.90. The van der Waals surface area contributed by atoms with Crippen molar-refractivity contribution in [2.24, 2.45) is 5.41 Å². The average Bonchev–Trinajstić information content (AvgIpc) is 2.26. The minimum Gasteiger partial charge on any atom is -0.480 e. The van der Waals surface area contributed by atoms with E-state index >= 15 is 0 Å². The first-order valence-corrected chi connectivity index (χ1v) is 5.47. The zero-order valence-corrected chi connectivity index (χ0v) is 9.53. The molecule has 0 saturated carbocycles. The van der Waals surface area contributed by atoms with E-state index in [1.54, 1.807) is 7.11 Å². The van der Waals surface area contributed by atoms with Gasteiger partial charge in [0, 0.05) is 20.1 Å². The van der Waals surface area contributed by atoms with Gasteiger partial charge >= 0.3 is 5.97 Å². The van der Waals surface area contributed by atoms with Gasteiger partial charge in [0.15, 0.2) is 5.78 Å². The first-order valence-electron chi connectivity index (χ1n) is 5.47. The molecule has 1 rings (SSSR count). The van der Waals surface area contributed by atoms with Gasteiger partial charge in [-0.15, -0.1) is 0 Å². The molecule has 5 nitrogen and oxygen atoms in total. The number of carboxylic acid groups (broad SMARTS) is 1. The van der Waals surface area contributed by atoms with Crippen LogP contribution in [-0.4, -0.2) is 43.8 Å². The van der Waals surface area contributed by atoms with Gasteiger partial charge in [-0.1, -0.05) is 0 Å². The van der Waals surface area contributed by atoms with E-state index in [1.165, 1.54) is 0 Å². The van der Waals surface area contributed by atoms with Crippen LogP contribution in [0.2, 0.25) is 0 Å². The quantitative estimate of drug-likeness (QED) is 0.541. The molecule has 92 valence electrons. The van der Waals surface area contributed by atoms with E-state index in [4.69, 9.17) is 9.47 Å². The molecule has 0 aromatic heterocycles. The molecular weight excluding hydrogens is 212 g/mol. The van der Waals surface area contributed by atoms with E-state index in [0.717, 1.165) is 6.42 Å². The van der Waals surface area contributed by atoms with Gasteiger partial charge in [-0.25, -0.2) is 0 Å². The fraction of sp³-hybridized carbons (Fsp3) is 0.818. The highest BCUT2D eigenvalue weighted by Crippen LogP contribution is 2.31. The Morgan fingerprint density at radius 1 is 1.56 bits per heavy atom. The molecule has 1 atom stereocenters. The number of unbranched alkanes of at least 4 members (excludes halogenated alkanes) is 1. The molecule has 0 radical (unpaired) electrons. The SMILES string of the molecule is COCCCCC1(C(=O)O)COCCC1=O. The van der Waals surface area contributed by atoms with Gasteiger partial charge in [0.2, 0.25) is 0 Å². The molecule has 0 aliphatic carbocycles. The summed E-state index contributed by atoms with van der Waals surface area (Å²) in [5.74, 6) is -1.27. The lowest BCUT2D eigenvalue weighted by Crippen LogP contribution is -2.47. The maximum absolute atomic E-state index is 11.7. The summed E-state index contributed by atoms with van der Waals surface area (Å²) in [5.41, 5.74) is -1.31. The summed E-state index contributed by atoms with van der Waals surface area (Å²) in [5, 5.41) is 9.18. The lowest BCUT2D eigenvalue weighted by molar-refractivity contribution is -0.165. The second-order valence-electron chi connectivity index (χ2n) is 4.06. The predicted molar refractivity (Wildman–Crippen MR) is 56.2 cm³/mol. The second-order valence-corrected chi connectivity index (χ2v) is 4.06. The highest BCUT2D eigenvalue weighted by atomic mass is 16.5. The van der Waals surface area contributed by atoms with Gasteiger partial charge in [0.25, 0.3) is 0 Å². The first-order chi connectivity index (χ1) is 7.63. The monoisotopic (exact) mass is 230 g/mol. The van der Waals surface area contributed by atoms with Crippen LogP contribution in [0.5, 0.6) is 0 Å². The number of ketones is 1. The largest absolute Gasteiger partial charge is 0.480 e. The van der Waals surface area contributed by atoms with Crippen molar-refractivity contribution in [3.63, 3.8) is 0 Å². The summed E-state index contributed by atoms with van der Waals surface area (Å²) in [6, 6.07) is 0. The van der Waals surface area contributed by atoms with Crippen LogP contribution in [0.15, 0.2) is 0 Å². The third-order valence-corrected chi connectivity index (χ3v) is 2.97. The Kier molecular flexibility index (Phi) is 4.89. The molecule has 0 bridgehead atoms. The van der Waals surface area contributed by atoms with E-state index < -0.39 is 11.4 Å². The summed E-state index contributed by atoms with van der Waals surface area (Å²) in [6.07, 6.45) is 1.97. The van der Waals surface area contributed by atoms with E-state index in [-0.39, 0.29) is 18.8 Å². The highest BCUT2D eigenvalue weighted by Gasteiger charge is 2.47. The van der Waals surface area contributed by atoms with Crippen molar-refractivity contribution in [2.75, 3.05) is 26.9 Å². The van der Waals surface area contributed by atoms with Gasteiger partial charge in [0.1, 0.15) is 5.41 Å². The van der Waals surface area contributed by atoms with Crippen molar-refractivity contribution in [2.45, 2.75) is 25.7 Å². The number of hydrogen-bond acceptors (Lipinski definition) is 4. The number of carboxylic acids is 1. The summed E-state index contributed by atoms with van der Waals surface area (Å²) < 4.78 is 10.0. The minimum absolute atomic E-state index is 0.00808. The maximum atomic E-state index is 11.7. The molecule has 1 N–H and O–H groups in total. The van der Waals surface area contributed by atoms with Crippen molar-refractivity contribution in [1.82, 2.24) is 0 Å². The van der Waals surface area contributed by atoms with E-state index in [2.05, 4.69) is 0 Å². The zero-order valence-electron chi connectivity index (χ0n) is 9.53. The standard InChI is InChI=1S/C11H18O5/c1-15-6-3-2-5-11(10(13)14)8-16-7-4-9(11)12/h2-8H2,1H3,(H,13,14). The van der Waals surface area contributed by atoms with Crippen LogP contribution in [-0.2, 0) is 19.1 Å². The van der Waals surface area contributed by atoms with Gasteiger partial charge in [0.05, 0.1) is 13.2 Å². The number of Topliss-reactive ketones (excluding diaryl/α,β-unsaturated/α-hetero) is 1. The molecule has 1 aliphatic heterocycles. The van der Waals surface area contributed by atoms with Gasteiger partial charge in [-0.2, -0.15) is 0 Å². The Labute approximate surface area is 94.7 Å². The number of carbonyl (C=O) groups excluding carboxylic acids is 1. The van der Waals surface area contributed by atoms with Crippen LogP contribution in [0.4, 0.5) is 0 Å². The van der Waals surface area contributed by atoms with Crippen LogP contribution < -0.4 is 0 Å². The zero-order chi connectivity index (χ0) is 12.0. The molecule has 0 amide bonds. The van der Waals surface area contributed by atoms with Crippen molar-refractivity contribution in [1.29, 1.82) is 0 Å². The van der Waals surface area contributed by atoms with Gasteiger partial charge in [-0.05, 0) is 19.3 Å². The van der Waals surface area contributed by atoms with Crippen molar-refractivity contribution < 1.29 is 24.2 Å². The fourth-order valence-electron chi connectivity index (χ4n) is 1.90. The Morgan fingerprint density at radius 3 is 2.88 bits per heavy atom. The second kappa shape index (κ2) is 5.96. The lowest BCUT2D eigenvalue weighted by Gasteiger charge is -2.31. The normalized spacial score (nSPS) is 25.7. The topological polar surface area (TPSA) is 72.8 Å². The summed E-state index contributed by atoms with van der Waals surface area (Å²) >= 11 is 0. The molecule has 0 aromatic carbocycles. The van der Waals surface area contributed by atoms with Crippen LogP contribution in [0, 0.1) is 5.41 Å². The van der Waals surface area contributed by atoms with Crippen molar-refractivity contribution in [3.05, 3.63) is 0 Å². The molecule has 1 unspecified atom stereocenters. The average molecular weight is 230 g/mol. The molecule has 1 heterocycles. The van der Waals surface area contributed by atoms with Crippen LogP contribution in [0.1, 0.15) is 25.7 Å². The Bertz CT molecular complexity index is 263. The Morgan fingerprint density at radius 2 is 2.31 bits per heavy atom. The highest BCUT2D eigenvalue weighted by molar-refractivity contribution is 6.03. The van der Waals surface area contributed by atoms with E-state index in [0.29, 0.717) is 26.1 Å². The number of rotatable bonds is 6. The van der Waals surface area contributed by atoms with E-state index in [9.17, 15) is 14.7 Å². The third kappa shape index (κ3) is 2.80. The van der Waals surface area contributed by atoms with Gasteiger partial charge < -0.3 is 14.6 Å². The lowest BCUT2D eigenvalue weighted by atomic mass is 9.77. The molecule has 1 fully saturated rings. The molecule has 16 heavy (non-hydrogen) atoms. The molecule has 5 heteroatoms. The maximum Gasteiger partial charge on any atom is 0.319 e. The van der Waals surface area contributed by atoms with Crippen LogP contribution in [0.3, 0.4) is 0 Å². The number of methoxy groups -OCH3 is 1. The van der Waals surface area contributed by atoms with Crippen molar-refractivity contribution >= 4 is 11.8 Å². The molecular formula is C11H18O5. The molecule has 0 aromatic rings. The number of aliphatic carboxylic acids is 1. The Hall–Kier alpha value is -0.940. The van der Waals surface area contributed by atoms with Crippen molar-refractivity contribution in [3.8, 4) is 0 Å². The van der Waals surface area contributed by atoms with Gasteiger partial charge in [-0.3, -0.25) is 9.59 Å². The number of hydrogen-bond donors (Lipinski definition) is 1. The smallest absolute Gasteiger partial charge is 0.319 e. The number of carbonyl (C=O) groups is 2. The Balaban J connectivity index is 2.57. The summed E-state index contributed by atoms with van der Waals surface area (Å²) in [6.45, 7) is 0.935. The predicted octanol–water partition coefficient (Wildman–Crippen LogP) is 0.864.